The zero-order valence-corrected chi connectivity index (χ0v) is 13.2. The first-order valence-electron chi connectivity index (χ1n) is 7.51. The summed E-state index contributed by atoms with van der Waals surface area (Å²) in [6.45, 7) is 11.7. The van der Waals surface area contributed by atoms with Gasteiger partial charge in [0.05, 0.1) is 6.61 Å². The van der Waals surface area contributed by atoms with E-state index in [9.17, 15) is 4.79 Å². The minimum atomic E-state index is -0.597. The molecule has 1 aliphatic rings. The molecule has 0 radical (unpaired) electrons. The Labute approximate surface area is 117 Å². The zero-order valence-electron chi connectivity index (χ0n) is 13.2. The van der Waals surface area contributed by atoms with Crippen LogP contribution in [-0.4, -0.2) is 49.7 Å². The number of piperidine rings is 1. The van der Waals surface area contributed by atoms with E-state index in [1.165, 1.54) is 12.8 Å². The minimum absolute atomic E-state index is 0.150. The molecule has 1 atom stereocenters. The van der Waals surface area contributed by atoms with Crippen molar-refractivity contribution in [1.82, 2.24) is 10.2 Å². The Kier molecular flexibility index (Phi) is 6.27. The van der Waals surface area contributed by atoms with Crippen molar-refractivity contribution in [2.24, 2.45) is 11.8 Å². The molecular formula is C15H30N2O2. The third-order valence-electron chi connectivity index (χ3n) is 4.39. The van der Waals surface area contributed by atoms with E-state index in [0.29, 0.717) is 6.61 Å². The predicted octanol–water partition coefficient (Wildman–Crippen LogP) is 1.90. The van der Waals surface area contributed by atoms with Crippen molar-refractivity contribution >= 4 is 5.97 Å². The van der Waals surface area contributed by atoms with Crippen LogP contribution >= 0.6 is 0 Å². The molecule has 1 aliphatic heterocycles. The molecule has 0 aromatic heterocycles. The van der Waals surface area contributed by atoms with Crippen LogP contribution in [0.4, 0.5) is 0 Å². The number of hydrogen-bond donors (Lipinski definition) is 1. The average molecular weight is 270 g/mol. The van der Waals surface area contributed by atoms with Crippen molar-refractivity contribution in [2.45, 2.75) is 46.1 Å². The van der Waals surface area contributed by atoms with Crippen molar-refractivity contribution < 1.29 is 9.53 Å². The summed E-state index contributed by atoms with van der Waals surface area (Å²) in [5.74, 6) is 1.45. The summed E-state index contributed by atoms with van der Waals surface area (Å²) < 4.78 is 5.17. The lowest BCUT2D eigenvalue weighted by atomic mass is 9.86. The van der Waals surface area contributed by atoms with E-state index in [0.717, 1.165) is 31.5 Å². The summed E-state index contributed by atoms with van der Waals surface area (Å²) in [5.41, 5.74) is -0.597. The molecule has 0 aliphatic carbocycles. The van der Waals surface area contributed by atoms with Crippen LogP contribution in [0.1, 0.15) is 40.5 Å². The highest BCUT2D eigenvalue weighted by atomic mass is 16.5. The third kappa shape index (κ3) is 4.46. The SMILES string of the molecule is CCOC(=O)C(C)(CN1CCC(C(C)C)CC1)NC. The molecule has 1 saturated heterocycles. The van der Waals surface area contributed by atoms with Gasteiger partial charge in [-0.25, -0.2) is 0 Å². The molecule has 0 bridgehead atoms. The summed E-state index contributed by atoms with van der Waals surface area (Å²) in [6.07, 6.45) is 2.47. The second-order valence-corrected chi connectivity index (χ2v) is 6.16. The maximum Gasteiger partial charge on any atom is 0.327 e. The van der Waals surface area contributed by atoms with Gasteiger partial charge < -0.3 is 15.0 Å². The lowest BCUT2D eigenvalue weighted by Crippen LogP contribution is -2.57. The fraction of sp³-hybridized carbons (Fsp3) is 0.933. The Hall–Kier alpha value is -0.610. The first kappa shape index (κ1) is 16.4. The predicted molar refractivity (Wildman–Crippen MR) is 78.1 cm³/mol. The third-order valence-corrected chi connectivity index (χ3v) is 4.39. The van der Waals surface area contributed by atoms with Crippen LogP contribution in [-0.2, 0) is 9.53 Å². The van der Waals surface area contributed by atoms with E-state index >= 15 is 0 Å². The van der Waals surface area contributed by atoms with Crippen molar-refractivity contribution in [3.63, 3.8) is 0 Å². The van der Waals surface area contributed by atoms with E-state index in [1.54, 1.807) is 0 Å². The molecule has 112 valence electrons. The fourth-order valence-electron chi connectivity index (χ4n) is 2.76. The molecule has 1 rings (SSSR count). The molecule has 1 unspecified atom stereocenters. The van der Waals surface area contributed by atoms with Gasteiger partial charge in [0.2, 0.25) is 0 Å². The van der Waals surface area contributed by atoms with Gasteiger partial charge in [0.15, 0.2) is 0 Å². The molecule has 0 aromatic carbocycles. The van der Waals surface area contributed by atoms with Gasteiger partial charge in [0.1, 0.15) is 5.54 Å². The Morgan fingerprint density at radius 3 is 2.42 bits per heavy atom. The molecule has 0 aromatic rings. The highest BCUT2D eigenvalue weighted by Gasteiger charge is 2.36. The molecule has 1 N–H and O–H groups in total. The normalized spacial score (nSPS) is 21.4. The lowest BCUT2D eigenvalue weighted by Gasteiger charge is -2.38. The maximum atomic E-state index is 12.0. The molecule has 4 heteroatoms. The molecule has 0 spiro atoms. The number of carbonyl (C=O) groups is 1. The van der Waals surface area contributed by atoms with E-state index in [2.05, 4.69) is 24.1 Å². The van der Waals surface area contributed by atoms with Crippen LogP contribution in [0.25, 0.3) is 0 Å². The Morgan fingerprint density at radius 1 is 1.42 bits per heavy atom. The summed E-state index contributed by atoms with van der Waals surface area (Å²) in [4.78, 5) is 14.4. The second-order valence-electron chi connectivity index (χ2n) is 6.16. The maximum absolute atomic E-state index is 12.0. The first-order valence-corrected chi connectivity index (χ1v) is 7.51. The van der Waals surface area contributed by atoms with Crippen molar-refractivity contribution in [1.29, 1.82) is 0 Å². The number of likely N-dealkylation sites (N-methyl/N-ethyl adjacent to an activating group) is 1. The molecular weight excluding hydrogens is 240 g/mol. The second kappa shape index (κ2) is 7.25. The van der Waals surface area contributed by atoms with Crippen LogP contribution < -0.4 is 5.32 Å². The summed E-state index contributed by atoms with van der Waals surface area (Å²) in [5, 5.41) is 3.13. The number of hydrogen-bond acceptors (Lipinski definition) is 4. The highest BCUT2D eigenvalue weighted by Crippen LogP contribution is 2.25. The summed E-state index contributed by atoms with van der Waals surface area (Å²) in [6, 6.07) is 0. The van der Waals surface area contributed by atoms with Crippen molar-refractivity contribution in [3.05, 3.63) is 0 Å². The Balaban J connectivity index is 2.51. The fourth-order valence-corrected chi connectivity index (χ4v) is 2.76. The van der Waals surface area contributed by atoms with Gasteiger partial charge in [-0.05, 0) is 58.7 Å². The van der Waals surface area contributed by atoms with Gasteiger partial charge in [-0.15, -0.1) is 0 Å². The smallest absolute Gasteiger partial charge is 0.327 e. The van der Waals surface area contributed by atoms with Crippen LogP contribution in [0.2, 0.25) is 0 Å². The number of carbonyl (C=O) groups excluding carboxylic acids is 1. The van der Waals surface area contributed by atoms with Gasteiger partial charge in [-0.3, -0.25) is 4.79 Å². The van der Waals surface area contributed by atoms with Crippen molar-refractivity contribution in [3.8, 4) is 0 Å². The van der Waals surface area contributed by atoms with Gasteiger partial charge >= 0.3 is 5.97 Å². The Bertz CT molecular complexity index is 286. The molecule has 1 heterocycles. The topological polar surface area (TPSA) is 41.6 Å². The van der Waals surface area contributed by atoms with E-state index in [4.69, 9.17) is 4.74 Å². The highest BCUT2D eigenvalue weighted by molar-refractivity contribution is 5.80. The Morgan fingerprint density at radius 2 is 2.00 bits per heavy atom. The van der Waals surface area contributed by atoms with Crippen molar-refractivity contribution in [2.75, 3.05) is 33.3 Å². The summed E-state index contributed by atoms with van der Waals surface area (Å²) >= 11 is 0. The van der Waals surface area contributed by atoms with Crippen LogP contribution in [0.3, 0.4) is 0 Å². The van der Waals surface area contributed by atoms with E-state index in [1.807, 2.05) is 20.9 Å². The van der Waals surface area contributed by atoms with E-state index in [-0.39, 0.29) is 5.97 Å². The van der Waals surface area contributed by atoms with Crippen LogP contribution in [0.15, 0.2) is 0 Å². The molecule has 0 saturated carbocycles. The van der Waals surface area contributed by atoms with E-state index < -0.39 is 5.54 Å². The molecule has 1 fully saturated rings. The quantitative estimate of drug-likeness (QED) is 0.749. The molecule has 19 heavy (non-hydrogen) atoms. The molecule has 0 amide bonds. The monoisotopic (exact) mass is 270 g/mol. The number of ether oxygens (including phenoxy) is 1. The zero-order chi connectivity index (χ0) is 14.5. The first-order chi connectivity index (χ1) is 8.92. The number of rotatable bonds is 6. The van der Waals surface area contributed by atoms with Crippen LogP contribution in [0.5, 0.6) is 0 Å². The number of nitrogens with one attached hydrogen (secondary N) is 1. The largest absolute Gasteiger partial charge is 0.465 e. The lowest BCUT2D eigenvalue weighted by molar-refractivity contribution is -0.151. The minimum Gasteiger partial charge on any atom is -0.465 e. The number of esters is 1. The average Bonchev–Trinajstić information content (AvgIpc) is 2.39. The number of nitrogens with zero attached hydrogens (tertiary/aromatic N) is 1. The summed E-state index contributed by atoms with van der Waals surface area (Å²) in [7, 11) is 1.83. The van der Waals surface area contributed by atoms with Gasteiger partial charge in [-0.2, -0.15) is 0 Å². The number of likely N-dealkylation sites (tertiary alicyclic amines) is 1. The van der Waals surface area contributed by atoms with Gasteiger partial charge in [0.25, 0.3) is 0 Å². The van der Waals surface area contributed by atoms with Gasteiger partial charge in [0, 0.05) is 6.54 Å². The van der Waals surface area contributed by atoms with Crippen LogP contribution in [0, 0.1) is 11.8 Å². The molecule has 4 nitrogen and oxygen atoms in total. The van der Waals surface area contributed by atoms with Gasteiger partial charge in [-0.1, -0.05) is 13.8 Å². The standard InChI is InChI=1S/C15H30N2O2/c1-6-19-14(18)15(4,16-5)11-17-9-7-13(8-10-17)12(2)3/h12-13,16H,6-11H2,1-5H3.